The number of hydrogen-bond donors (Lipinski definition) is 2. The minimum atomic E-state index is -0.108. The molecule has 0 saturated carbocycles. The molecule has 3 heteroatoms. The van der Waals surface area contributed by atoms with Gasteiger partial charge in [-0.15, -0.1) is 0 Å². The summed E-state index contributed by atoms with van der Waals surface area (Å²) in [4.78, 5) is 11.8. The molecule has 0 aliphatic carbocycles. The third-order valence-electron chi connectivity index (χ3n) is 4.09. The Hall–Kier alpha value is -0.570. The summed E-state index contributed by atoms with van der Waals surface area (Å²) in [6, 6.07) is -0.0840. The van der Waals surface area contributed by atoms with Gasteiger partial charge in [0.25, 0.3) is 0 Å². The fourth-order valence-electron chi connectivity index (χ4n) is 1.80. The molecule has 0 fully saturated rings. The average molecular weight is 228 g/mol. The highest BCUT2D eigenvalue weighted by Gasteiger charge is 2.26. The molecule has 0 radical (unpaired) electrons. The Bertz CT molecular complexity index is 202. The summed E-state index contributed by atoms with van der Waals surface area (Å²) in [7, 11) is 0. The van der Waals surface area contributed by atoms with E-state index in [1.54, 1.807) is 0 Å². The number of nitrogens with one attached hydrogen (secondary N) is 1. The molecule has 3 nitrogen and oxygen atoms in total. The maximum Gasteiger partial charge on any atom is 0.224 e. The number of hydrogen-bond acceptors (Lipinski definition) is 2. The van der Waals surface area contributed by atoms with Gasteiger partial charge in [0, 0.05) is 18.5 Å². The Morgan fingerprint density at radius 1 is 1.19 bits per heavy atom. The van der Waals surface area contributed by atoms with Crippen LogP contribution in [-0.4, -0.2) is 18.5 Å². The zero-order chi connectivity index (χ0) is 12.8. The highest BCUT2D eigenvalue weighted by atomic mass is 16.1. The highest BCUT2D eigenvalue weighted by molar-refractivity contribution is 5.78. The third-order valence-corrected chi connectivity index (χ3v) is 4.09. The monoisotopic (exact) mass is 228 g/mol. The van der Waals surface area contributed by atoms with Crippen LogP contribution in [0.3, 0.4) is 0 Å². The minimum Gasteiger partial charge on any atom is -0.355 e. The van der Waals surface area contributed by atoms with Crippen LogP contribution in [0.5, 0.6) is 0 Å². The largest absolute Gasteiger partial charge is 0.355 e. The summed E-state index contributed by atoms with van der Waals surface area (Å²) in [6.45, 7) is 11.1. The molecule has 0 aliphatic rings. The lowest BCUT2D eigenvalue weighted by molar-refractivity contribution is -0.125. The molecule has 0 aromatic rings. The topological polar surface area (TPSA) is 55.1 Å². The molecule has 0 bridgehead atoms. The SMILES string of the molecule is CCC(CC)(CC)CNC(=O)C(C)C(C)N. The van der Waals surface area contributed by atoms with Gasteiger partial charge in [-0.3, -0.25) is 4.79 Å². The van der Waals surface area contributed by atoms with Crippen LogP contribution in [-0.2, 0) is 4.79 Å². The molecule has 3 N–H and O–H groups in total. The van der Waals surface area contributed by atoms with Gasteiger partial charge in [-0.2, -0.15) is 0 Å². The molecule has 16 heavy (non-hydrogen) atoms. The van der Waals surface area contributed by atoms with Crippen molar-refractivity contribution in [3.8, 4) is 0 Å². The van der Waals surface area contributed by atoms with Crippen molar-refractivity contribution in [3.63, 3.8) is 0 Å². The van der Waals surface area contributed by atoms with Gasteiger partial charge in [0.1, 0.15) is 0 Å². The quantitative estimate of drug-likeness (QED) is 0.702. The molecule has 1 amide bonds. The summed E-state index contributed by atoms with van der Waals surface area (Å²) in [5.41, 5.74) is 5.97. The normalized spacial score (nSPS) is 15.6. The third kappa shape index (κ3) is 4.12. The van der Waals surface area contributed by atoms with Crippen LogP contribution < -0.4 is 11.1 Å². The number of carbonyl (C=O) groups is 1. The zero-order valence-electron chi connectivity index (χ0n) is 11.5. The van der Waals surface area contributed by atoms with Crippen LogP contribution in [0.1, 0.15) is 53.9 Å². The molecular weight excluding hydrogens is 200 g/mol. The smallest absolute Gasteiger partial charge is 0.224 e. The minimum absolute atomic E-state index is 0.0784. The highest BCUT2D eigenvalue weighted by Crippen LogP contribution is 2.29. The Labute approximate surface area is 100 Å². The van der Waals surface area contributed by atoms with Gasteiger partial charge in [-0.05, 0) is 31.6 Å². The van der Waals surface area contributed by atoms with Crippen molar-refractivity contribution in [2.24, 2.45) is 17.1 Å². The predicted molar refractivity (Wildman–Crippen MR) is 69.1 cm³/mol. The summed E-state index contributed by atoms with van der Waals surface area (Å²) < 4.78 is 0. The lowest BCUT2D eigenvalue weighted by Gasteiger charge is -2.31. The molecule has 0 spiro atoms. The van der Waals surface area contributed by atoms with Crippen LogP contribution in [0.15, 0.2) is 0 Å². The molecule has 2 atom stereocenters. The van der Waals surface area contributed by atoms with Crippen LogP contribution >= 0.6 is 0 Å². The Morgan fingerprint density at radius 2 is 1.62 bits per heavy atom. The number of carbonyl (C=O) groups excluding carboxylic acids is 1. The van der Waals surface area contributed by atoms with E-state index >= 15 is 0 Å². The lowest BCUT2D eigenvalue weighted by atomic mass is 9.79. The Kier molecular flexibility index (Phi) is 6.65. The van der Waals surface area contributed by atoms with E-state index in [4.69, 9.17) is 5.73 Å². The van der Waals surface area contributed by atoms with E-state index in [0.29, 0.717) is 0 Å². The first kappa shape index (κ1) is 15.4. The second kappa shape index (κ2) is 6.89. The first-order chi connectivity index (χ1) is 7.42. The van der Waals surface area contributed by atoms with Crippen molar-refractivity contribution in [3.05, 3.63) is 0 Å². The summed E-state index contributed by atoms with van der Waals surface area (Å²) in [5, 5.41) is 3.04. The van der Waals surface area contributed by atoms with Crippen LogP contribution in [0.2, 0.25) is 0 Å². The first-order valence-corrected chi connectivity index (χ1v) is 6.45. The molecule has 0 aromatic carbocycles. The van der Waals surface area contributed by atoms with E-state index in [9.17, 15) is 4.79 Å². The van der Waals surface area contributed by atoms with E-state index in [2.05, 4.69) is 26.1 Å². The molecule has 0 rings (SSSR count). The number of nitrogens with two attached hydrogens (primary N) is 1. The van der Waals surface area contributed by atoms with E-state index in [1.165, 1.54) is 0 Å². The van der Waals surface area contributed by atoms with Crippen molar-refractivity contribution in [1.29, 1.82) is 0 Å². The van der Waals surface area contributed by atoms with Gasteiger partial charge in [-0.1, -0.05) is 27.7 Å². The van der Waals surface area contributed by atoms with E-state index in [0.717, 1.165) is 25.8 Å². The number of rotatable bonds is 7. The first-order valence-electron chi connectivity index (χ1n) is 6.45. The standard InChI is InChI=1S/C13H28N2O/c1-6-13(7-2,8-3)9-15-12(16)10(4)11(5)14/h10-11H,6-9,14H2,1-5H3,(H,15,16). The molecule has 0 aromatic heterocycles. The molecule has 0 heterocycles. The van der Waals surface area contributed by atoms with Gasteiger partial charge >= 0.3 is 0 Å². The number of amides is 1. The molecule has 96 valence electrons. The zero-order valence-corrected chi connectivity index (χ0v) is 11.5. The fourth-order valence-corrected chi connectivity index (χ4v) is 1.80. The van der Waals surface area contributed by atoms with Crippen LogP contribution in [0, 0.1) is 11.3 Å². The van der Waals surface area contributed by atoms with Crippen molar-refractivity contribution >= 4 is 5.91 Å². The van der Waals surface area contributed by atoms with E-state index in [1.807, 2.05) is 13.8 Å². The van der Waals surface area contributed by atoms with Crippen molar-refractivity contribution in [2.45, 2.75) is 59.9 Å². The molecule has 0 aliphatic heterocycles. The van der Waals surface area contributed by atoms with Crippen molar-refractivity contribution in [2.75, 3.05) is 6.54 Å². The van der Waals surface area contributed by atoms with E-state index < -0.39 is 0 Å². The summed E-state index contributed by atoms with van der Waals surface area (Å²) in [6.07, 6.45) is 3.31. The molecular formula is C13H28N2O. The Morgan fingerprint density at radius 3 is 1.94 bits per heavy atom. The summed E-state index contributed by atoms with van der Waals surface area (Å²) in [5.74, 6) is -0.0296. The second-order valence-electron chi connectivity index (χ2n) is 4.93. The van der Waals surface area contributed by atoms with Gasteiger partial charge in [0.2, 0.25) is 5.91 Å². The summed E-state index contributed by atoms with van der Waals surface area (Å²) >= 11 is 0. The second-order valence-corrected chi connectivity index (χ2v) is 4.93. The molecule has 2 unspecified atom stereocenters. The van der Waals surface area contributed by atoms with Crippen LogP contribution in [0.25, 0.3) is 0 Å². The molecule has 0 saturated heterocycles. The maximum atomic E-state index is 11.8. The Balaban J connectivity index is 4.26. The van der Waals surface area contributed by atoms with Gasteiger partial charge in [0.15, 0.2) is 0 Å². The fraction of sp³-hybridized carbons (Fsp3) is 0.923. The average Bonchev–Trinajstić information content (AvgIpc) is 2.30. The van der Waals surface area contributed by atoms with Gasteiger partial charge in [0.05, 0.1) is 0 Å². The van der Waals surface area contributed by atoms with Gasteiger partial charge in [-0.25, -0.2) is 0 Å². The predicted octanol–water partition coefficient (Wildman–Crippen LogP) is 2.30. The van der Waals surface area contributed by atoms with Crippen molar-refractivity contribution < 1.29 is 4.79 Å². The maximum absolute atomic E-state index is 11.8. The van der Waals surface area contributed by atoms with Crippen LogP contribution in [0.4, 0.5) is 0 Å². The lowest BCUT2D eigenvalue weighted by Crippen LogP contribution is -2.43. The van der Waals surface area contributed by atoms with Crippen molar-refractivity contribution in [1.82, 2.24) is 5.32 Å². The van der Waals surface area contributed by atoms with E-state index in [-0.39, 0.29) is 23.3 Å². The van der Waals surface area contributed by atoms with Gasteiger partial charge < -0.3 is 11.1 Å².